The fourth-order valence-electron chi connectivity index (χ4n) is 3.71. The molecule has 0 aliphatic heterocycles. The van der Waals surface area contributed by atoms with Crippen molar-refractivity contribution >= 4 is 11.8 Å². The zero-order chi connectivity index (χ0) is 21.3. The first-order valence-corrected chi connectivity index (χ1v) is 9.77. The Morgan fingerprint density at radius 2 is 2.03 bits per heavy atom. The topological polar surface area (TPSA) is 121 Å². The van der Waals surface area contributed by atoms with Crippen molar-refractivity contribution in [3.05, 3.63) is 72.1 Å². The van der Waals surface area contributed by atoms with Gasteiger partial charge in [0.05, 0.1) is 5.41 Å². The number of allylic oxidation sites excluding steroid dienone is 1. The lowest BCUT2D eigenvalue weighted by molar-refractivity contribution is 0.385. The maximum absolute atomic E-state index is 5.76. The average Bonchev–Trinajstić information content (AvgIpc) is 3.33. The highest BCUT2D eigenvalue weighted by atomic mass is 16.5. The lowest BCUT2D eigenvalue weighted by Crippen LogP contribution is -2.28. The molecule has 8 heteroatoms. The number of aromatic nitrogens is 4. The van der Waals surface area contributed by atoms with Crippen LogP contribution in [0.25, 0.3) is 17.2 Å². The summed E-state index contributed by atoms with van der Waals surface area (Å²) in [7, 11) is 1.85. The molecule has 1 saturated carbocycles. The number of hydrogen-bond acceptors (Lipinski definition) is 7. The number of rotatable bonds is 7. The summed E-state index contributed by atoms with van der Waals surface area (Å²) in [5.41, 5.74) is 14.6. The highest BCUT2D eigenvalue weighted by molar-refractivity contribution is 6.09. The molecule has 1 aliphatic rings. The standard InChI is InChI=1S/C22H25N7O/c1-14(24)25-13-16(12-23)15-4-6-17(7-5-15)22(2,18-8-9-18)21-27-20(30-28-21)19-10-11-26-29(19)3/h4-7,10-13,18H,1,8-9,23-24H2,2-3H3/b16-12+,25-13-. The summed E-state index contributed by atoms with van der Waals surface area (Å²) in [6, 6.07) is 10.1. The van der Waals surface area contributed by atoms with Crippen molar-refractivity contribution in [2.75, 3.05) is 0 Å². The summed E-state index contributed by atoms with van der Waals surface area (Å²) in [5.74, 6) is 1.85. The fourth-order valence-corrected chi connectivity index (χ4v) is 3.71. The monoisotopic (exact) mass is 403 g/mol. The minimum Gasteiger partial charge on any atom is -0.404 e. The fraction of sp³-hybridized carbons (Fsp3) is 0.273. The summed E-state index contributed by atoms with van der Waals surface area (Å²) < 4.78 is 7.31. The second-order valence-corrected chi connectivity index (χ2v) is 7.69. The van der Waals surface area contributed by atoms with Gasteiger partial charge < -0.3 is 16.0 Å². The smallest absolute Gasteiger partial charge is 0.276 e. The predicted molar refractivity (Wildman–Crippen MR) is 116 cm³/mol. The second-order valence-electron chi connectivity index (χ2n) is 7.69. The third-order valence-electron chi connectivity index (χ3n) is 5.69. The van der Waals surface area contributed by atoms with Crippen molar-refractivity contribution in [3.63, 3.8) is 0 Å². The van der Waals surface area contributed by atoms with Gasteiger partial charge in [0.15, 0.2) is 5.82 Å². The van der Waals surface area contributed by atoms with Gasteiger partial charge in [0, 0.05) is 31.2 Å². The maximum atomic E-state index is 5.76. The van der Waals surface area contributed by atoms with E-state index in [0.29, 0.717) is 17.6 Å². The van der Waals surface area contributed by atoms with Crippen molar-refractivity contribution in [2.24, 2.45) is 29.4 Å². The van der Waals surface area contributed by atoms with E-state index < -0.39 is 0 Å². The number of aryl methyl sites for hydroxylation is 1. The van der Waals surface area contributed by atoms with Gasteiger partial charge in [-0.05, 0) is 42.9 Å². The van der Waals surface area contributed by atoms with E-state index in [1.807, 2.05) is 25.2 Å². The summed E-state index contributed by atoms with van der Waals surface area (Å²) in [6.45, 7) is 5.75. The van der Waals surface area contributed by atoms with Crippen LogP contribution in [0.15, 0.2) is 64.6 Å². The SMILES string of the molecule is C=C(N)/N=C\C(=C/N)c1ccc(C(C)(c2noc(-c3ccnn3C)n2)C2CC2)cc1. The van der Waals surface area contributed by atoms with Crippen LogP contribution in [-0.4, -0.2) is 26.1 Å². The maximum Gasteiger partial charge on any atom is 0.276 e. The van der Waals surface area contributed by atoms with Gasteiger partial charge in [0.25, 0.3) is 5.89 Å². The first-order chi connectivity index (χ1) is 14.4. The minimum atomic E-state index is -0.342. The van der Waals surface area contributed by atoms with Crippen LogP contribution in [0.3, 0.4) is 0 Å². The van der Waals surface area contributed by atoms with E-state index in [4.69, 9.17) is 21.0 Å². The Labute approximate surface area is 175 Å². The average molecular weight is 403 g/mol. The van der Waals surface area contributed by atoms with Gasteiger partial charge in [-0.15, -0.1) is 0 Å². The molecule has 2 aromatic heterocycles. The van der Waals surface area contributed by atoms with Crippen molar-refractivity contribution in [3.8, 4) is 11.6 Å². The van der Waals surface area contributed by atoms with Crippen LogP contribution in [0.1, 0.15) is 36.7 Å². The molecule has 1 aromatic carbocycles. The van der Waals surface area contributed by atoms with Crippen molar-refractivity contribution in [2.45, 2.75) is 25.2 Å². The number of nitrogens with zero attached hydrogens (tertiary/aromatic N) is 5. The van der Waals surface area contributed by atoms with Gasteiger partial charge in [-0.2, -0.15) is 10.1 Å². The van der Waals surface area contributed by atoms with Gasteiger partial charge in [0.2, 0.25) is 0 Å². The van der Waals surface area contributed by atoms with E-state index in [1.165, 1.54) is 6.20 Å². The molecule has 1 atom stereocenters. The molecule has 1 fully saturated rings. The molecule has 30 heavy (non-hydrogen) atoms. The molecule has 0 radical (unpaired) electrons. The number of hydrogen-bond donors (Lipinski definition) is 2. The first kappa shape index (κ1) is 19.6. The van der Waals surface area contributed by atoms with E-state index >= 15 is 0 Å². The van der Waals surface area contributed by atoms with Crippen molar-refractivity contribution < 1.29 is 4.52 Å². The molecule has 2 heterocycles. The molecule has 4 rings (SSSR count). The molecular weight excluding hydrogens is 378 g/mol. The third-order valence-corrected chi connectivity index (χ3v) is 5.69. The van der Waals surface area contributed by atoms with E-state index in [1.54, 1.807) is 17.1 Å². The molecule has 0 amide bonds. The summed E-state index contributed by atoms with van der Waals surface area (Å²) >= 11 is 0. The highest BCUT2D eigenvalue weighted by Crippen LogP contribution is 2.50. The molecule has 0 saturated heterocycles. The zero-order valence-electron chi connectivity index (χ0n) is 17.1. The highest BCUT2D eigenvalue weighted by Gasteiger charge is 2.47. The van der Waals surface area contributed by atoms with Crippen LogP contribution >= 0.6 is 0 Å². The zero-order valence-corrected chi connectivity index (χ0v) is 17.1. The molecule has 1 unspecified atom stereocenters. The van der Waals surface area contributed by atoms with E-state index in [0.717, 1.165) is 35.2 Å². The second kappa shape index (κ2) is 7.62. The molecule has 1 aliphatic carbocycles. The molecule has 0 spiro atoms. The van der Waals surface area contributed by atoms with Crippen LogP contribution in [0.2, 0.25) is 0 Å². The molecule has 4 N–H and O–H groups in total. The van der Waals surface area contributed by atoms with Crippen LogP contribution in [0.5, 0.6) is 0 Å². The lowest BCUT2D eigenvalue weighted by Gasteiger charge is -2.27. The van der Waals surface area contributed by atoms with Crippen LogP contribution in [0.4, 0.5) is 0 Å². The van der Waals surface area contributed by atoms with Gasteiger partial charge in [-0.3, -0.25) is 4.68 Å². The predicted octanol–water partition coefficient (Wildman–Crippen LogP) is 2.99. The number of benzene rings is 1. The molecule has 154 valence electrons. The van der Waals surface area contributed by atoms with Gasteiger partial charge in [-0.1, -0.05) is 36.0 Å². The van der Waals surface area contributed by atoms with E-state index in [-0.39, 0.29) is 11.2 Å². The molecular formula is C22H25N7O. The van der Waals surface area contributed by atoms with Crippen molar-refractivity contribution in [1.82, 2.24) is 19.9 Å². The Hall–Kier alpha value is -3.68. The van der Waals surface area contributed by atoms with Crippen molar-refractivity contribution in [1.29, 1.82) is 0 Å². The van der Waals surface area contributed by atoms with Crippen LogP contribution < -0.4 is 11.5 Å². The van der Waals surface area contributed by atoms with Crippen LogP contribution in [0, 0.1) is 5.92 Å². The van der Waals surface area contributed by atoms with E-state index in [2.05, 4.69) is 40.9 Å². The summed E-state index contributed by atoms with van der Waals surface area (Å²) in [6.07, 6.45) is 7.08. The van der Waals surface area contributed by atoms with Gasteiger partial charge >= 0.3 is 0 Å². The Balaban J connectivity index is 1.67. The molecule has 8 nitrogen and oxygen atoms in total. The quantitative estimate of drug-likeness (QED) is 0.585. The number of aliphatic imine (C=N–C) groups is 1. The summed E-state index contributed by atoms with van der Waals surface area (Å²) in [5, 5.41) is 8.52. The minimum absolute atomic E-state index is 0.230. The number of nitrogens with two attached hydrogens (primary N) is 2. The molecule has 3 aromatic rings. The van der Waals surface area contributed by atoms with E-state index in [9.17, 15) is 0 Å². The lowest BCUT2D eigenvalue weighted by atomic mass is 9.76. The normalized spacial score (nSPS) is 16.7. The van der Waals surface area contributed by atoms with Gasteiger partial charge in [0.1, 0.15) is 11.5 Å². The first-order valence-electron chi connectivity index (χ1n) is 9.77. The van der Waals surface area contributed by atoms with Gasteiger partial charge in [-0.25, -0.2) is 4.99 Å². The Kier molecular flexibility index (Phi) is 4.99. The third kappa shape index (κ3) is 3.52. The Morgan fingerprint density at radius 3 is 2.60 bits per heavy atom. The largest absolute Gasteiger partial charge is 0.404 e. The Bertz CT molecular complexity index is 1120. The molecule has 0 bridgehead atoms. The summed E-state index contributed by atoms with van der Waals surface area (Å²) in [4.78, 5) is 8.76. The Morgan fingerprint density at radius 1 is 1.30 bits per heavy atom. The van der Waals surface area contributed by atoms with Crippen LogP contribution in [-0.2, 0) is 12.5 Å².